The first-order valence-electron chi connectivity index (χ1n) is 13.1. The minimum Gasteiger partial charge on any atom is -0.376 e. The zero-order valence-electron chi connectivity index (χ0n) is 20.1. The number of rotatable bonds is 7. The monoisotopic (exact) mass is 455 g/mol. The Kier molecular flexibility index (Phi) is 7.62. The zero-order valence-corrected chi connectivity index (χ0v) is 20.1. The minimum atomic E-state index is 0.128. The number of ether oxygens (including phenoxy) is 1. The van der Waals surface area contributed by atoms with Gasteiger partial charge in [0.1, 0.15) is 0 Å². The molecule has 182 valence electrons. The van der Waals surface area contributed by atoms with Gasteiger partial charge in [-0.3, -0.25) is 9.69 Å². The molecule has 1 aliphatic carbocycles. The first-order valence-corrected chi connectivity index (χ1v) is 13.1. The highest BCUT2D eigenvalue weighted by Crippen LogP contribution is 2.29. The van der Waals surface area contributed by atoms with Crippen molar-refractivity contribution in [3.63, 3.8) is 0 Å². The van der Waals surface area contributed by atoms with Crippen LogP contribution >= 0.6 is 0 Å². The van der Waals surface area contributed by atoms with Crippen molar-refractivity contribution in [1.82, 2.24) is 26.2 Å². The van der Waals surface area contributed by atoms with Gasteiger partial charge in [-0.05, 0) is 82.0 Å². The van der Waals surface area contributed by atoms with E-state index in [1.165, 1.54) is 24.0 Å². The molecule has 0 aromatic heterocycles. The molecule has 3 N–H and O–H groups in total. The van der Waals surface area contributed by atoms with E-state index in [2.05, 4.69) is 57.4 Å². The van der Waals surface area contributed by atoms with E-state index in [4.69, 9.17) is 4.74 Å². The van der Waals surface area contributed by atoms with Gasteiger partial charge in [-0.15, -0.1) is 0 Å². The summed E-state index contributed by atoms with van der Waals surface area (Å²) >= 11 is 0. The van der Waals surface area contributed by atoms with Gasteiger partial charge >= 0.3 is 0 Å². The van der Waals surface area contributed by atoms with Crippen molar-refractivity contribution in [3.05, 3.63) is 35.4 Å². The molecule has 4 unspecified atom stereocenters. The first-order chi connectivity index (χ1) is 16.2. The molecule has 4 fully saturated rings. The van der Waals surface area contributed by atoms with Crippen LogP contribution in [0.25, 0.3) is 0 Å². The van der Waals surface area contributed by atoms with Crippen LogP contribution in [0.4, 0.5) is 0 Å². The number of hydrazine groups is 2. The number of fused-ring (bicyclic) bond motifs is 1. The molecule has 1 amide bonds. The van der Waals surface area contributed by atoms with Crippen molar-refractivity contribution in [2.45, 2.75) is 76.6 Å². The fraction of sp³-hybridized carbons (Fsp3) is 0.731. The average molecular weight is 456 g/mol. The number of aryl methyl sites for hydroxylation is 1. The lowest BCUT2D eigenvalue weighted by molar-refractivity contribution is -0.139. The van der Waals surface area contributed by atoms with E-state index in [0.717, 1.165) is 71.4 Å². The Bertz CT molecular complexity index is 791. The minimum absolute atomic E-state index is 0.128. The molecular formula is C26H41N5O2. The van der Waals surface area contributed by atoms with Gasteiger partial charge in [0.15, 0.2) is 0 Å². The van der Waals surface area contributed by atoms with Crippen molar-refractivity contribution in [2.75, 3.05) is 32.8 Å². The summed E-state index contributed by atoms with van der Waals surface area (Å²) in [7, 11) is 0. The molecule has 3 aliphatic heterocycles. The second-order valence-corrected chi connectivity index (χ2v) is 10.7. The third-order valence-electron chi connectivity index (χ3n) is 8.32. The maximum atomic E-state index is 13.7. The molecule has 1 aromatic rings. The third-order valence-corrected chi connectivity index (χ3v) is 8.32. The van der Waals surface area contributed by atoms with Crippen LogP contribution in [0.1, 0.15) is 56.1 Å². The van der Waals surface area contributed by atoms with E-state index in [1.54, 1.807) is 0 Å². The van der Waals surface area contributed by atoms with Crippen LogP contribution in [0.5, 0.6) is 0 Å². The number of benzene rings is 1. The Morgan fingerprint density at radius 3 is 2.67 bits per heavy atom. The molecule has 0 radical (unpaired) electrons. The van der Waals surface area contributed by atoms with E-state index in [0.29, 0.717) is 23.9 Å². The predicted molar refractivity (Wildman–Crippen MR) is 129 cm³/mol. The highest BCUT2D eigenvalue weighted by atomic mass is 16.5. The molecule has 0 spiro atoms. The van der Waals surface area contributed by atoms with Crippen molar-refractivity contribution in [1.29, 1.82) is 0 Å². The van der Waals surface area contributed by atoms with Crippen molar-refractivity contribution in [2.24, 2.45) is 11.8 Å². The van der Waals surface area contributed by atoms with Crippen molar-refractivity contribution in [3.8, 4) is 0 Å². The van der Waals surface area contributed by atoms with E-state index >= 15 is 0 Å². The van der Waals surface area contributed by atoms with Gasteiger partial charge in [0.05, 0.1) is 6.10 Å². The number of nitrogens with zero attached hydrogens (tertiary/aromatic N) is 2. The molecule has 3 heterocycles. The van der Waals surface area contributed by atoms with Crippen LogP contribution in [0.2, 0.25) is 0 Å². The van der Waals surface area contributed by atoms with Crippen LogP contribution in [-0.4, -0.2) is 66.7 Å². The number of carbonyl (C=O) groups excluding carboxylic acids is 1. The lowest BCUT2D eigenvalue weighted by atomic mass is 9.82. The van der Waals surface area contributed by atoms with E-state index in [1.807, 2.05) is 0 Å². The number of piperidine rings is 1. The smallest absolute Gasteiger partial charge is 0.225 e. The lowest BCUT2D eigenvalue weighted by Crippen LogP contribution is -2.49. The van der Waals surface area contributed by atoms with Gasteiger partial charge in [0, 0.05) is 44.2 Å². The average Bonchev–Trinajstić information content (AvgIpc) is 3.52. The quantitative estimate of drug-likeness (QED) is 0.587. The van der Waals surface area contributed by atoms with Gasteiger partial charge in [-0.1, -0.05) is 24.3 Å². The molecule has 4 atom stereocenters. The Morgan fingerprint density at radius 2 is 1.88 bits per heavy atom. The van der Waals surface area contributed by atoms with E-state index < -0.39 is 0 Å². The van der Waals surface area contributed by atoms with Crippen LogP contribution < -0.4 is 16.4 Å². The maximum Gasteiger partial charge on any atom is 0.225 e. The second kappa shape index (κ2) is 10.8. The third kappa shape index (κ3) is 5.77. The summed E-state index contributed by atoms with van der Waals surface area (Å²) in [4.78, 5) is 18.5. The Morgan fingerprint density at radius 1 is 1.06 bits per heavy atom. The number of nitrogens with one attached hydrogen (secondary N) is 3. The fourth-order valence-corrected chi connectivity index (χ4v) is 6.17. The summed E-state index contributed by atoms with van der Waals surface area (Å²) in [6, 6.07) is 9.51. The number of likely N-dealkylation sites (tertiary alicyclic amines) is 1. The molecule has 4 aliphatic rings. The summed E-state index contributed by atoms with van der Waals surface area (Å²) < 4.78 is 5.94. The molecule has 7 nitrogen and oxygen atoms in total. The standard InChI is InChI=1S/C26H41N5O2/c1-19-5-2-3-6-22(19)17-30-12-10-20(11-13-30)16-31(18-23-7-4-14-33-23)26(32)21-8-9-24-25(15-21)28-29-27-24/h2-3,5-6,20-21,23-25,27-29H,4,7-18H2,1H3. The highest BCUT2D eigenvalue weighted by Gasteiger charge is 2.39. The van der Waals surface area contributed by atoms with Crippen LogP contribution in [0.15, 0.2) is 24.3 Å². The highest BCUT2D eigenvalue weighted by molar-refractivity contribution is 5.79. The number of hydrogen-bond acceptors (Lipinski definition) is 6. The Balaban J connectivity index is 1.17. The maximum absolute atomic E-state index is 13.7. The van der Waals surface area contributed by atoms with Crippen LogP contribution in [-0.2, 0) is 16.1 Å². The number of amides is 1. The van der Waals surface area contributed by atoms with E-state index in [-0.39, 0.29) is 12.0 Å². The van der Waals surface area contributed by atoms with Gasteiger partial charge in [0.25, 0.3) is 0 Å². The normalized spacial score (nSPS) is 30.9. The SMILES string of the molecule is Cc1ccccc1CN1CCC(CN(CC2CCCO2)C(=O)C2CCC3NNNC3C2)CC1. The van der Waals surface area contributed by atoms with Gasteiger partial charge in [-0.25, -0.2) is 10.9 Å². The summed E-state index contributed by atoms with van der Waals surface area (Å²) in [5.74, 6) is 1.08. The Labute approximate surface area is 198 Å². The summed E-state index contributed by atoms with van der Waals surface area (Å²) in [5, 5.41) is 0. The van der Waals surface area contributed by atoms with E-state index in [9.17, 15) is 4.79 Å². The lowest BCUT2D eigenvalue weighted by Gasteiger charge is -2.38. The largest absolute Gasteiger partial charge is 0.376 e. The van der Waals surface area contributed by atoms with Crippen LogP contribution in [0.3, 0.4) is 0 Å². The summed E-state index contributed by atoms with van der Waals surface area (Å²) in [5.41, 5.74) is 12.5. The topological polar surface area (TPSA) is 68.9 Å². The fourth-order valence-electron chi connectivity index (χ4n) is 6.17. The summed E-state index contributed by atoms with van der Waals surface area (Å²) in [6.45, 7) is 8.00. The molecule has 7 heteroatoms. The predicted octanol–water partition coefficient (Wildman–Crippen LogP) is 2.36. The molecule has 5 rings (SSSR count). The first kappa shape index (κ1) is 23.2. The van der Waals surface area contributed by atoms with Gasteiger partial charge in [0.2, 0.25) is 5.91 Å². The number of carbonyl (C=O) groups is 1. The zero-order chi connectivity index (χ0) is 22.6. The number of hydrogen-bond donors (Lipinski definition) is 3. The summed E-state index contributed by atoms with van der Waals surface area (Å²) in [6.07, 6.45) is 7.72. The van der Waals surface area contributed by atoms with Gasteiger partial charge < -0.3 is 9.64 Å². The Hall–Kier alpha value is -1.51. The van der Waals surface area contributed by atoms with Crippen molar-refractivity contribution >= 4 is 5.91 Å². The molecule has 33 heavy (non-hydrogen) atoms. The molecular weight excluding hydrogens is 414 g/mol. The van der Waals surface area contributed by atoms with Crippen molar-refractivity contribution < 1.29 is 9.53 Å². The van der Waals surface area contributed by atoms with Crippen LogP contribution in [0, 0.1) is 18.8 Å². The second-order valence-electron chi connectivity index (χ2n) is 10.7. The van der Waals surface area contributed by atoms with Gasteiger partial charge in [-0.2, -0.15) is 5.53 Å². The molecule has 3 saturated heterocycles. The molecule has 1 saturated carbocycles. The molecule has 1 aromatic carbocycles. The molecule has 0 bridgehead atoms.